The van der Waals surface area contributed by atoms with Crippen LogP contribution in [0, 0.1) is 0 Å². The predicted molar refractivity (Wildman–Crippen MR) is 25.6 cm³/mol. The van der Waals surface area contributed by atoms with Crippen molar-refractivity contribution < 1.29 is 14.9 Å². The van der Waals surface area contributed by atoms with Crippen molar-refractivity contribution in [2.24, 2.45) is 0 Å². The molecule has 1 fully saturated rings. The Balaban J connectivity index is 2.40. The molecule has 7 heavy (non-hydrogen) atoms. The Kier molecular flexibility index (Phi) is 1.25. The first-order chi connectivity index (χ1) is 3.21. The Hall–Kier alpha value is 0.230. The lowest BCUT2D eigenvalue weighted by molar-refractivity contribution is -0.255. The van der Waals surface area contributed by atoms with Gasteiger partial charge in [0.1, 0.15) is 0 Å². The summed E-state index contributed by atoms with van der Waals surface area (Å²) in [7, 11) is 0. The van der Waals surface area contributed by atoms with Crippen LogP contribution in [-0.2, 0) is 4.74 Å². The van der Waals surface area contributed by atoms with Crippen molar-refractivity contribution in [2.45, 2.75) is 5.31 Å². The summed E-state index contributed by atoms with van der Waals surface area (Å²) in [6.07, 6.45) is 0. The van der Waals surface area contributed by atoms with E-state index in [2.05, 4.69) is 4.74 Å². The molecular weight excluding hydrogens is 116 g/mol. The lowest BCUT2D eigenvalue weighted by atomic mass is 10.9. The second-order valence-corrected chi connectivity index (χ2v) is 2.47. The third-order valence-electron chi connectivity index (χ3n) is 0.664. The van der Waals surface area contributed by atoms with Crippen LogP contribution in [0.15, 0.2) is 0 Å². The summed E-state index contributed by atoms with van der Waals surface area (Å²) in [5.41, 5.74) is 0. The fraction of sp³-hybridized carbons (Fsp3) is 1.00. The van der Waals surface area contributed by atoms with E-state index < -0.39 is 5.31 Å². The minimum Gasteiger partial charge on any atom is -0.335 e. The maximum absolute atomic E-state index is 8.49. The van der Waals surface area contributed by atoms with Crippen molar-refractivity contribution in [3.8, 4) is 0 Å². The molecule has 0 aromatic carbocycles. The van der Waals surface area contributed by atoms with Crippen molar-refractivity contribution in [1.82, 2.24) is 0 Å². The molecule has 0 aromatic rings. The summed E-state index contributed by atoms with van der Waals surface area (Å²) in [5, 5.41) is 15.1. The van der Waals surface area contributed by atoms with Crippen LogP contribution in [0.4, 0.5) is 0 Å². The molecule has 0 bridgehead atoms. The van der Waals surface area contributed by atoms with E-state index in [1.807, 2.05) is 0 Å². The van der Waals surface area contributed by atoms with E-state index in [0.717, 1.165) is 11.8 Å². The average molecular weight is 122 g/mol. The van der Waals surface area contributed by atoms with E-state index in [9.17, 15) is 0 Å². The van der Waals surface area contributed by atoms with Crippen LogP contribution < -0.4 is 0 Å². The first kappa shape index (κ1) is 5.37. The molecule has 4 heteroatoms. The highest BCUT2D eigenvalue weighted by Crippen LogP contribution is 2.25. The van der Waals surface area contributed by atoms with Crippen LogP contribution in [0.3, 0.4) is 0 Å². The van der Waals surface area contributed by atoms with Crippen LogP contribution in [0.25, 0.3) is 0 Å². The Bertz CT molecular complexity index is 64.6. The van der Waals surface area contributed by atoms with Crippen molar-refractivity contribution in [3.05, 3.63) is 0 Å². The van der Waals surface area contributed by atoms with Crippen LogP contribution >= 0.6 is 11.8 Å². The monoisotopic (exact) mass is 122 g/mol. The van der Waals surface area contributed by atoms with Crippen molar-refractivity contribution in [1.29, 1.82) is 0 Å². The van der Waals surface area contributed by atoms with E-state index in [4.69, 9.17) is 10.2 Å². The maximum atomic E-state index is 8.49. The van der Waals surface area contributed by atoms with Crippen LogP contribution in [-0.4, -0.2) is 27.9 Å². The molecular formula is C3H6O3S. The van der Waals surface area contributed by atoms with Gasteiger partial charge in [-0.15, -0.1) is 0 Å². The number of rotatable bonds is 0. The lowest BCUT2D eigenvalue weighted by Crippen LogP contribution is -2.21. The number of hydrogen-bond donors (Lipinski definition) is 2. The van der Waals surface area contributed by atoms with Gasteiger partial charge in [-0.3, -0.25) is 0 Å². The summed E-state index contributed by atoms with van der Waals surface area (Å²) in [6, 6.07) is 0. The quantitative estimate of drug-likeness (QED) is 0.419. The molecule has 1 rings (SSSR count). The van der Waals surface area contributed by atoms with Gasteiger partial charge in [0.2, 0.25) is 0 Å². The lowest BCUT2D eigenvalue weighted by Gasteiger charge is -2.09. The molecule has 0 aliphatic carbocycles. The Morgan fingerprint density at radius 2 is 2.29 bits per heavy atom. The van der Waals surface area contributed by atoms with Crippen molar-refractivity contribution in [3.63, 3.8) is 0 Å². The fourth-order valence-corrected chi connectivity index (χ4v) is 0.990. The second-order valence-electron chi connectivity index (χ2n) is 1.25. The highest BCUT2D eigenvalue weighted by Gasteiger charge is 2.29. The van der Waals surface area contributed by atoms with E-state index in [-0.39, 0.29) is 0 Å². The predicted octanol–water partition coefficient (Wildman–Crippen LogP) is -0.654. The number of ether oxygens (including phenoxy) is 1. The highest BCUT2D eigenvalue weighted by atomic mass is 32.2. The maximum Gasteiger partial charge on any atom is 0.332 e. The zero-order valence-corrected chi connectivity index (χ0v) is 4.44. The molecule has 3 nitrogen and oxygen atoms in total. The van der Waals surface area contributed by atoms with Crippen LogP contribution in [0.2, 0.25) is 0 Å². The highest BCUT2D eigenvalue weighted by molar-refractivity contribution is 8.00. The topological polar surface area (TPSA) is 49.7 Å². The Morgan fingerprint density at radius 3 is 2.43 bits per heavy atom. The molecule has 0 radical (unpaired) electrons. The van der Waals surface area contributed by atoms with Gasteiger partial charge >= 0.3 is 5.31 Å². The third-order valence-corrected chi connectivity index (χ3v) is 1.53. The number of thioether (sulfide) groups is 1. The number of aliphatic hydroxyl groups is 2. The van der Waals surface area contributed by atoms with Gasteiger partial charge < -0.3 is 14.9 Å². The van der Waals surface area contributed by atoms with Gasteiger partial charge in [-0.2, -0.15) is 0 Å². The summed E-state index contributed by atoms with van der Waals surface area (Å²) in [4.78, 5) is 0. The molecule has 2 N–H and O–H groups in total. The fourth-order valence-electron chi connectivity index (χ4n) is 0.391. The average Bonchev–Trinajstić information content (AvgIpc) is 1.84. The summed E-state index contributed by atoms with van der Waals surface area (Å²) >= 11 is 0.988. The van der Waals surface area contributed by atoms with Crippen molar-refractivity contribution in [2.75, 3.05) is 12.4 Å². The molecule has 0 spiro atoms. The molecule has 0 aromatic heterocycles. The van der Waals surface area contributed by atoms with Crippen molar-refractivity contribution >= 4 is 11.8 Å². The number of hydrogen-bond acceptors (Lipinski definition) is 4. The molecule has 0 amide bonds. The SMILES string of the molecule is OC1(O)OCCS1. The molecule has 1 saturated heterocycles. The normalized spacial score (nSPS) is 28.3. The van der Waals surface area contributed by atoms with E-state index in [1.165, 1.54) is 0 Å². The molecule has 1 aliphatic rings. The Labute approximate surface area is 45.3 Å². The minimum atomic E-state index is -1.89. The van der Waals surface area contributed by atoms with E-state index in [0.29, 0.717) is 12.4 Å². The minimum absolute atomic E-state index is 0.428. The first-order valence-corrected chi connectivity index (χ1v) is 2.92. The van der Waals surface area contributed by atoms with E-state index >= 15 is 0 Å². The molecule has 42 valence electrons. The van der Waals surface area contributed by atoms with Crippen LogP contribution in [0.5, 0.6) is 0 Å². The largest absolute Gasteiger partial charge is 0.335 e. The zero-order chi connectivity index (χ0) is 5.33. The first-order valence-electron chi connectivity index (χ1n) is 1.93. The summed E-state index contributed by atoms with van der Waals surface area (Å²) < 4.78 is 4.41. The Morgan fingerprint density at radius 1 is 1.57 bits per heavy atom. The van der Waals surface area contributed by atoms with Gasteiger partial charge in [-0.05, 0) is 0 Å². The molecule has 0 unspecified atom stereocenters. The van der Waals surface area contributed by atoms with E-state index in [1.54, 1.807) is 0 Å². The molecule has 0 atom stereocenters. The van der Waals surface area contributed by atoms with Gasteiger partial charge in [-0.25, -0.2) is 0 Å². The molecule has 0 saturated carbocycles. The summed E-state index contributed by atoms with van der Waals surface area (Å²) in [5.74, 6) is 0.660. The molecule has 1 heterocycles. The van der Waals surface area contributed by atoms with Gasteiger partial charge in [-0.1, -0.05) is 11.8 Å². The standard InChI is InChI=1S/C3H6O3S/c4-3(5)6-1-2-7-3/h4-5H,1-2H2. The van der Waals surface area contributed by atoms with Gasteiger partial charge in [0, 0.05) is 5.75 Å². The zero-order valence-electron chi connectivity index (χ0n) is 3.63. The van der Waals surface area contributed by atoms with Gasteiger partial charge in [0.25, 0.3) is 0 Å². The smallest absolute Gasteiger partial charge is 0.332 e. The van der Waals surface area contributed by atoms with Crippen LogP contribution in [0.1, 0.15) is 0 Å². The van der Waals surface area contributed by atoms with Gasteiger partial charge in [0.05, 0.1) is 6.61 Å². The molecule has 1 aliphatic heterocycles. The van der Waals surface area contributed by atoms with Gasteiger partial charge in [0.15, 0.2) is 0 Å². The second kappa shape index (κ2) is 1.63. The third kappa shape index (κ3) is 1.31. The summed E-state index contributed by atoms with van der Waals surface area (Å²) in [6.45, 7) is 0.428.